The number of nitrogen functional groups attached to an aromatic ring is 1. The minimum Gasteiger partial charge on any atom is -0.507 e. The van der Waals surface area contributed by atoms with Crippen LogP contribution in [0.3, 0.4) is 0 Å². The lowest BCUT2D eigenvalue weighted by atomic mass is 9.92. The molecule has 76 valence electrons. The Bertz CT molecular complexity index is 517. The Morgan fingerprint density at radius 3 is 2.07 bits per heavy atom. The minimum absolute atomic E-state index is 0.139. The first kappa shape index (κ1) is 9.26. The van der Waals surface area contributed by atoms with Gasteiger partial charge in [-0.15, -0.1) is 0 Å². The predicted molar refractivity (Wildman–Crippen MR) is 52.0 cm³/mol. The molecular weight excluding hydrogens is 198 g/mol. The minimum atomic E-state index is -0.506. The van der Waals surface area contributed by atoms with Crippen LogP contribution in [0.5, 0.6) is 11.5 Å². The summed E-state index contributed by atoms with van der Waals surface area (Å²) in [5.74, 6) is -1.87. The first-order valence-corrected chi connectivity index (χ1v) is 4.13. The number of fused-ring (bicyclic) bond motifs is 1. The van der Waals surface area contributed by atoms with E-state index in [1.54, 1.807) is 0 Å². The third-order valence-electron chi connectivity index (χ3n) is 2.20. The number of carbonyl (C=O) groups excluding carboxylic acids is 2. The zero-order valence-corrected chi connectivity index (χ0v) is 7.52. The standard InChI is InChI=1S/C10H7NO4/c11-10-7(15)3-6(14)8-4(12)1-2-5(13)9(8)10/h1-3,14-15H,11H2. The number of hydrogen-bond donors (Lipinski definition) is 3. The number of allylic oxidation sites excluding steroid dienone is 2. The van der Waals surface area contributed by atoms with E-state index in [2.05, 4.69) is 0 Å². The summed E-state index contributed by atoms with van der Waals surface area (Å²) in [6, 6.07) is 0.943. The highest BCUT2D eigenvalue weighted by atomic mass is 16.3. The molecular formula is C10H7NO4. The molecule has 2 rings (SSSR count). The van der Waals surface area contributed by atoms with Crippen LogP contribution in [0.1, 0.15) is 20.7 Å². The zero-order valence-electron chi connectivity index (χ0n) is 7.52. The van der Waals surface area contributed by atoms with Gasteiger partial charge in [0, 0.05) is 6.07 Å². The van der Waals surface area contributed by atoms with Crippen LogP contribution in [0.15, 0.2) is 18.2 Å². The average Bonchev–Trinajstić information content (AvgIpc) is 2.18. The molecule has 0 aliphatic heterocycles. The third kappa shape index (κ3) is 1.17. The van der Waals surface area contributed by atoms with Gasteiger partial charge in [0.2, 0.25) is 0 Å². The van der Waals surface area contributed by atoms with Crippen molar-refractivity contribution in [2.45, 2.75) is 0 Å². The first-order chi connectivity index (χ1) is 7.02. The Labute approximate surface area is 84.4 Å². The molecule has 4 N–H and O–H groups in total. The van der Waals surface area contributed by atoms with Crippen molar-refractivity contribution in [2.75, 3.05) is 5.73 Å². The van der Waals surface area contributed by atoms with Gasteiger partial charge in [-0.1, -0.05) is 0 Å². The number of rotatable bonds is 0. The molecule has 0 atom stereocenters. The van der Waals surface area contributed by atoms with Gasteiger partial charge in [0.15, 0.2) is 11.6 Å². The van der Waals surface area contributed by atoms with E-state index < -0.39 is 23.1 Å². The lowest BCUT2D eigenvalue weighted by molar-refractivity contribution is 0.0992. The summed E-state index contributed by atoms with van der Waals surface area (Å²) >= 11 is 0. The fraction of sp³-hybridized carbons (Fsp3) is 0. The quantitative estimate of drug-likeness (QED) is 0.327. The SMILES string of the molecule is Nc1c(O)cc(O)c2c1C(=O)C=CC2=O. The fourth-order valence-corrected chi connectivity index (χ4v) is 1.49. The van der Waals surface area contributed by atoms with E-state index in [-0.39, 0.29) is 16.8 Å². The maximum atomic E-state index is 11.4. The number of aromatic hydroxyl groups is 2. The van der Waals surface area contributed by atoms with Gasteiger partial charge in [0.05, 0.1) is 16.8 Å². The number of phenols is 2. The van der Waals surface area contributed by atoms with Gasteiger partial charge in [-0.3, -0.25) is 9.59 Å². The Balaban J connectivity index is 2.87. The van der Waals surface area contributed by atoms with Crippen LogP contribution in [-0.2, 0) is 0 Å². The molecule has 5 nitrogen and oxygen atoms in total. The second-order valence-corrected chi connectivity index (χ2v) is 3.14. The molecule has 0 radical (unpaired) electrons. The second-order valence-electron chi connectivity index (χ2n) is 3.14. The van der Waals surface area contributed by atoms with Crippen LogP contribution in [0.2, 0.25) is 0 Å². The fourth-order valence-electron chi connectivity index (χ4n) is 1.49. The van der Waals surface area contributed by atoms with E-state index in [4.69, 9.17) is 5.73 Å². The van der Waals surface area contributed by atoms with Gasteiger partial charge in [0.25, 0.3) is 0 Å². The van der Waals surface area contributed by atoms with Crippen molar-refractivity contribution in [1.29, 1.82) is 0 Å². The third-order valence-corrected chi connectivity index (χ3v) is 2.20. The monoisotopic (exact) mass is 205 g/mol. The van der Waals surface area contributed by atoms with E-state index in [1.807, 2.05) is 0 Å². The van der Waals surface area contributed by atoms with Crippen molar-refractivity contribution in [3.05, 3.63) is 29.3 Å². The maximum absolute atomic E-state index is 11.4. The number of benzene rings is 1. The Kier molecular flexibility index (Phi) is 1.76. The van der Waals surface area contributed by atoms with Crippen LogP contribution in [0, 0.1) is 0 Å². The van der Waals surface area contributed by atoms with Crippen LogP contribution < -0.4 is 5.73 Å². The largest absolute Gasteiger partial charge is 0.507 e. The molecule has 0 unspecified atom stereocenters. The van der Waals surface area contributed by atoms with Gasteiger partial charge in [-0.05, 0) is 12.2 Å². The van der Waals surface area contributed by atoms with Crippen LogP contribution in [0.25, 0.3) is 0 Å². The van der Waals surface area contributed by atoms with Crippen molar-refractivity contribution in [1.82, 2.24) is 0 Å². The highest BCUT2D eigenvalue weighted by molar-refractivity contribution is 6.25. The molecule has 0 amide bonds. The zero-order chi connectivity index (χ0) is 11.2. The summed E-state index contributed by atoms with van der Waals surface area (Å²) in [5, 5.41) is 18.7. The van der Waals surface area contributed by atoms with Crippen LogP contribution in [-0.4, -0.2) is 21.8 Å². The molecule has 0 saturated heterocycles. The predicted octanol–water partition coefficient (Wildman–Crippen LogP) is 0.615. The Morgan fingerprint density at radius 1 is 0.933 bits per heavy atom. The summed E-state index contributed by atoms with van der Waals surface area (Å²) in [7, 11) is 0. The molecule has 0 saturated carbocycles. The summed E-state index contributed by atoms with van der Waals surface area (Å²) in [6.07, 6.45) is 2.11. The van der Waals surface area contributed by atoms with Crippen molar-refractivity contribution >= 4 is 17.3 Å². The molecule has 0 bridgehead atoms. The number of ketones is 2. The van der Waals surface area contributed by atoms with Crippen molar-refractivity contribution in [3.8, 4) is 11.5 Å². The Morgan fingerprint density at radius 2 is 1.47 bits per heavy atom. The first-order valence-electron chi connectivity index (χ1n) is 4.13. The molecule has 0 aromatic heterocycles. The second kappa shape index (κ2) is 2.84. The molecule has 0 fully saturated rings. The molecule has 0 spiro atoms. The van der Waals surface area contributed by atoms with E-state index in [0.29, 0.717) is 0 Å². The molecule has 1 aromatic rings. The summed E-state index contributed by atoms with van der Waals surface area (Å²) in [4.78, 5) is 22.8. The molecule has 15 heavy (non-hydrogen) atoms. The van der Waals surface area contributed by atoms with Crippen LogP contribution >= 0.6 is 0 Å². The topological polar surface area (TPSA) is 101 Å². The van der Waals surface area contributed by atoms with Gasteiger partial charge in [-0.2, -0.15) is 0 Å². The van der Waals surface area contributed by atoms with Gasteiger partial charge < -0.3 is 15.9 Å². The van der Waals surface area contributed by atoms with E-state index in [1.165, 1.54) is 0 Å². The van der Waals surface area contributed by atoms with Gasteiger partial charge in [0.1, 0.15) is 11.5 Å². The lowest BCUT2D eigenvalue weighted by Crippen LogP contribution is -2.14. The summed E-state index contributed by atoms with van der Waals surface area (Å²) in [6.45, 7) is 0. The molecule has 5 heteroatoms. The van der Waals surface area contributed by atoms with Crippen LogP contribution in [0.4, 0.5) is 5.69 Å². The summed E-state index contributed by atoms with van der Waals surface area (Å²) < 4.78 is 0. The Hall–Kier alpha value is -2.30. The van der Waals surface area contributed by atoms with Crippen molar-refractivity contribution in [2.24, 2.45) is 0 Å². The van der Waals surface area contributed by atoms with Gasteiger partial charge >= 0.3 is 0 Å². The van der Waals surface area contributed by atoms with E-state index in [0.717, 1.165) is 18.2 Å². The lowest BCUT2D eigenvalue weighted by Gasteiger charge is -2.13. The number of phenolic OH excluding ortho intramolecular Hbond substituents is 2. The molecule has 1 aromatic carbocycles. The maximum Gasteiger partial charge on any atom is 0.190 e. The smallest absolute Gasteiger partial charge is 0.190 e. The number of nitrogens with two attached hydrogens (primary N) is 1. The van der Waals surface area contributed by atoms with Crippen molar-refractivity contribution < 1.29 is 19.8 Å². The average molecular weight is 205 g/mol. The highest BCUT2D eigenvalue weighted by Gasteiger charge is 2.26. The van der Waals surface area contributed by atoms with Gasteiger partial charge in [-0.25, -0.2) is 0 Å². The number of carbonyl (C=O) groups is 2. The highest BCUT2D eigenvalue weighted by Crippen LogP contribution is 2.36. The molecule has 0 heterocycles. The number of hydrogen-bond acceptors (Lipinski definition) is 5. The van der Waals surface area contributed by atoms with E-state index >= 15 is 0 Å². The van der Waals surface area contributed by atoms with E-state index in [9.17, 15) is 19.8 Å². The molecule has 1 aliphatic carbocycles. The van der Waals surface area contributed by atoms with Crippen molar-refractivity contribution in [3.63, 3.8) is 0 Å². The molecule has 1 aliphatic rings. The summed E-state index contributed by atoms with van der Waals surface area (Å²) in [5.41, 5.74) is 4.97. The number of anilines is 1. The normalized spacial score (nSPS) is 14.1.